The Balaban J connectivity index is 1.80. The van der Waals surface area contributed by atoms with Gasteiger partial charge < -0.3 is 15.8 Å². The Labute approximate surface area is 127 Å². The summed E-state index contributed by atoms with van der Waals surface area (Å²) in [4.78, 5) is 12.3. The molecule has 1 fully saturated rings. The highest BCUT2D eigenvalue weighted by Crippen LogP contribution is 2.32. The van der Waals surface area contributed by atoms with Gasteiger partial charge in [-0.25, -0.2) is 0 Å². The lowest BCUT2D eigenvalue weighted by Crippen LogP contribution is -2.38. The van der Waals surface area contributed by atoms with Crippen molar-refractivity contribution in [3.05, 3.63) is 35.9 Å². The number of carbonyl (C=O) groups excluding carboxylic acids is 1. The van der Waals surface area contributed by atoms with Crippen molar-refractivity contribution in [2.75, 3.05) is 6.54 Å². The SMILES string of the molecule is CC1OC(C)C(C(=O)NCCC(N)c2ccccc2)C1C. The van der Waals surface area contributed by atoms with E-state index in [2.05, 4.69) is 12.2 Å². The number of ether oxygens (including phenoxy) is 1. The van der Waals surface area contributed by atoms with Crippen molar-refractivity contribution < 1.29 is 9.53 Å². The van der Waals surface area contributed by atoms with Gasteiger partial charge in [0.1, 0.15) is 0 Å². The maximum Gasteiger partial charge on any atom is 0.226 e. The summed E-state index contributed by atoms with van der Waals surface area (Å²) in [6.45, 7) is 6.67. The van der Waals surface area contributed by atoms with Gasteiger partial charge in [0.15, 0.2) is 0 Å². The quantitative estimate of drug-likeness (QED) is 0.874. The number of amides is 1. The minimum Gasteiger partial charge on any atom is -0.374 e. The molecule has 0 radical (unpaired) electrons. The average molecular weight is 290 g/mol. The van der Waals surface area contributed by atoms with Crippen molar-refractivity contribution in [1.82, 2.24) is 5.32 Å². The van der Waals surface area contributed by atoms with E-state index in [1.807, 2.05) is 44.2 Å². The summed E-state index contributed by atoms with van der Waals surface area (Å²) in [5, 5.41) is 3.01. The van der Waals surface area contributed by atoms with Crippen molar-refractivity contribution in [3.8, 4) is 0 Å². The molecule has 0 aromatic heterocycles. The fraction of sp³-hybridized carbons (Fsp3) is 0.588. The fourth-order valence-electron chi connectivity index (χ4n) is 3.05. The number of hydrogen-bond acceptors (Lipinski definition) is 3. The van der Waals surface area contributed by atoms with Crippen LogP contribution in [-0.4, -0.2) is 24.7 Å². The maximum absolute atomic E-state index is 12.3. The van der Waals surface area contributed by atoms with Gasteiger partial charge in [0.05, 0.1) is 18.1 Å². The highest BCUT2D eigenvalue weighted by Gasteiger charge is 2.41. The zero-order valence-electron chi connectivity index (χ0n) is 13.1. The fourth-order valence-corrected chi connectivity index (χ4v) is 3.05. The van der Waals surface area contributed by atoms with Gasteiger partial charge in [-0.1, -0.05) is 37.3 Å². The smallest absolute Gasteiger partial charge is 0.226 e. The summed E-state index contributed by atoms with van der Waals surface area (Å²) in [7, 11) is 0. The Morgan fingerprint density at radius 3 is 2.48 bits per heavy atom. The third kappa shape index (κ3) is 3.83. The van der Waals surface area contributed by atoms with E-state index in [0.29, 0.717) is 6.54 Å². The van der Waals surface area contributed by atoms with E-state index in [9.17, 15) is 4.79 Å². The van der Waals surface area contributed by atoms with Crippen LogP contribution in [0.25, 0.3) is 0 Å². The third-order valence-corrected chi connectivity index (χ3v) is 4.53. The number of hydrogen-bond donors (Lipinski definition) is 2. The molecule has 21 heavy (non-hydrogen) atoms. The van der Waals surface area contributed by atoms with Crippen molar-refractivity contribution in [1.29, 1.82) is 0 Å². The Hall–Kier alpha value is -1.39. The number of nitrogens with one attached hydrogen (secondary N) is 1. The summed E-state index contributed by atoms with van der Waals surface area (Å²) in [6, 6.07) is 9.93. The van der Waals surface area contributed by atoms with Gasteiger partial charge in [-0.05, 0) is 31.7 Å². The first-order chi connectivity index (χ1) is 10.0. The van der Waals surface area contributed by atoms with Crippen molar-refractivity contribution in [2.45, 2.75) is 45.4 Å². The first-order valence-electron chi connectivity index (χ1n) is 7.74. The molecule has 4 nitrogen and oxygen atoms in total. The van der Waals surface area contributed by atoms with E-state index >= 15 is 0 Å². The van der Waals surface area contributed by atoms with Crippen LogP contribution in [-0.2, 0) is 9.53 Å². The molecule has 1 heterocycles. The van der Waals surface area contributed by atoms with Crippen LogP contribution in [0.3, 0.4) is 0 Å². The highest BCUT2D eigenvalue weighted by molar-refractivity contribution is 5.79. The molecule has 1 aliphatic heterocycles. The van der Waals surface area contributed by atoms with E-state index in [0.717, 1.165) is 12.0 Å². The lowest BCUT2D eigenvalue weighted by Gasteiger charge is -2.19. The number of nitrogens with two attached hydrogens (primary N) is 1. The summed E-state index contributed by atoms with van der Waals surface area (Å²) in [6.07, 6.45) is 0.863. The number of benzene rings is 1. The summed E-state index contributed by atoms with van der Waals surface area (Å²) in [5.74, 6) is 0.273. The molecular formula is C17H26N2O2. The molecular weight excluding hydrogens is 264 g/mol. The molecule has 1 amide bonds. The minimum atomic E-state index is -0.0621. The van der Waals surface area contributed by atoms with Gasteiger partial charge in [0.25, 0.3) is 0 Å². The second-order valence-electron chi connectivity index (χ2n) is 6.03. The van der Waals surface area contributed by atoms with Gasteiger partial charge in [-0.15, -0.1) is 0 Å². The summed E-state index contributed by atoms with van der Waals surface area (Å²) < 4.78 is 5.72. The van der Waals surface area contributed by atoms with Crippen LogP contribution >= 0.6 is 0 Å². The van der Waals surface area contributed by atoms with Crippen LogP contribution in [0.1, 0.15) is 38.8 Å². The van der Waals surface area contributed by atoms with E-state index in [1.54, 1.807) is 0 Å². The standard InChI is InChI=1S/C17H26N2O2/c1-11-12(2)21-13(3)16(11)17(20)19-10-9-15(18)14-7-5-4-6-8-14/h4-8,11-13,15-16H,9-10,18H2,1-3H3,(H,19,20). The molecule has 116 valence electrons. The predicted octanol–water partition coefficient (Wildman–Crippen LogP) is 2.25. The van der Waals surface area contributed by atoms with Crippen LogP contribution in [0.15, 0.2) is 30.3 Å². The van der Waals surface area contributed by atoms with Gasteiger partial charge in [0, 0.05) is 12.6 Å². The van der Waals surface area contributed by atoms with Crippen molar-refractivity contribution in [3.63, 3.8) is 0 Å². The Morgan fingerprint density at radius 2 is 1.90 bits per heavy atom. The van der Waals surface area contributed by atoms with Crippen molar-refractivity contribution >= 4 is 5.91 Å². The molecule has 1 aliphatic rings. The molecule has 4 heteroatoms. The first-order valence-corrected chi connectivity index (χ1v) is 7.74. The zero-order chi connectivity index (χ0) is 15.4. The second kappa shape index (κ2) is 7.05. The first kappa shape index (κ1) is 16.0. The van der Waals surface area contributed by atoms with Gasteiger partial charge in [-0.3, -0.25) is 4.79 Å². The molecule has 1 aromatic rings. The highest BCUT2D eigenvalue weighted by atomic mass is 16.5. The predicted molar refractivity (Wildman–Crippen MR) is 83.7 cm³/mol. The lowest BCUT2D eigenvalue weighted by atomic mass is 9.89. The Bertz CT molecular complexity index is 463. The van der Waals surface area contributed by atoms with E-state index < -0.39 is 0 Å². The van der Waals surface area contributed by atoms with E-state index in [4.69, 9.17) is 10.5 Å². The Morgan fingerprint density at radius 1 is 1.24 bits per heavy atom. The van der Waals surface area contributed by atoms with Crippen LogP contribution in [0.2, 0.25) is 0 Å². The molecule has 1 saturated heterocycles. The van der Waals surface area contributed by atoms with Gasteiger partial charge >= 0.3 is 0 Å². The second-order valence-corrected chi connectivity index (χ2v) is 6.03. The maximum atomic E-state index is 12.3. The van der Waals surface area contributed by atoms with Crippen LogP contribution in [0.4, 0.5) is 0 Å². The molecule has 3 N–H and O–H groups in total. The summed E-state index contributed by atoms with van der Waals surface area (Å²) >= 11 is 0. The molecule has 0 bridgehead atoms. The molecule has 0 saturated carbocycles. The average Bonchev–Trinajstić information content (AvgIpc) is 2.73. The molecule has 5 unspecified atom stereocenters. The molecule has 0 spiro atoms. The zero-order valence-corrected chi connectivity index (χ0v) is 13.1. The van der Waals surface area contributed by atoms with E-state index in [1.165, 1.54) is 0 Å². The molecule has 1 aromatic carbocycles. The topological polar surface area (TPSA) is 64.3 Å². The number of rotatable bonds is 5. The summed E-state index contributed by atoms with van der Waals surface area (Å²) in [5.41, 5.74) is 7.24. The van der Waals surface area contributed by atoms with Crippen LogP contribution < -0.4 is 11.1 Å². The van der Waals surface area contributed by atoms with E-state index in [-0.39, 0.29) is 36.0 Å². The monoisotopic (exact) mass is 290 g/mol. The molecule has 0 aliphatic carbocycles. The van der Waals surface area contributed by atoms with Gasteiger partial charge in [0.2, 0.25) is 5.91 Å². The lowest BCUT2D eigenvalue weighted by molar-refractivity contribution is -0.127. The van der Waals surface area contributed by atoms with Crippen molar-refractivity contribution in [2.24, 2.45) is 17.6 Å². The minimum absolute atomic E-state index is 0.0159. The van der Waals surface area contributed by atoms with Crippen LogP contribution in [0, 0.1) is 11.8 Å². The molecule has 5 atom stereocenters. The normalized spacial score (nSPS) is 30.1. The third-order valence-electron chi connectivity index (χ3n) is 4.53. The Kier molecular flexibility index (Phi) is 5.37. The van der Waals surface area contributed by atoms with Crippen LogP contribution in [0.5, 0.6) is 0 Å². The number of carbonyl (C=O) groups is 1. The largest absolute Gasteiger partial charge is 0.374 e. The molecule has 2 rings (SSSR count). The van der Waals surface area contributed by atoms with Gasteiger partial charge in [-0.2, -0.15) is 0 Å².